The lowest BCUT2D eigenvalue weighted by Gasteiger charge is -2.35. The maximum Gasteiger partial charge on any atom is 0.407 e. The fourth-order valence-corrected chi connectivity index (χ4v) is 4.09. The van der Waals surface area contributed by atoms with Gasteiger partial charge >= 0.3 is 6.09 Å². The summed E-state index contributed by atoms with van der Waals surface area (Å²) in [6, 6.07) is 0. The van der Waals surface area contributed by atoms with E-state index in [-0.39, 0.29) is 6.09 Å². The summed E-state index contributed by atoms with van der Waals surface area (Å²) in [7, 11) is 1.87. The fourth-order valence-electron chi connectivity index (χ4n) is 4.09. The lowest BCUT2D eigenvalue weighted by atomic mass is 9.89. The van der Waals surface area contributed by atoms with Gasteiger partial charge < -0.3 is 25.0 Å². The number of aliphatic imine (C=N–C) groups is 1. The summed E-state index contributed by atoms with van der Waals surface area (Å²) in [5.74, 6) is 1.03. The van der Waals surface area contributed by atoms with E-state index in [4.69, 9.17) is 9.47 Å². The van der Waals surface area contributed by atoms with Gasteiger partial charge in [0, 0.05) is 39.8 Å². The maximum absolute atomic E-state index is 11.6. The van der Waals surface area contributed by atoms with E-state index < -0.39 is 5.60 Å². The van der Waals surface area contributed by atoms with E-state index in [1.165, 1.54) is 25.7 Å². The second kappa shape index (κ2) is 11.0. The van der Waals surface area contributed by atoms with Crippen LogP contribution in [0.3, 0.4) is 0 Å². The van der Waals surface area contributed by atoms with Crippen LogP contribution in [0, 0.1) is 5.41 Å². The molecule has 7 heteroatoms. The van der Waals surface area contributed by atoms with E-state index in [2.05, 4.69) is 27.4 Å². The second-order valence-corrected chi connectivity index (χ2v) is 9.76. The Morgan fingerprint density at radius 2 is 1.83 bits per heavy atom. The molecular weight excluding hydrogens is 368 g/mol. The van der Waals surface area contributed by atoms with E-state index in [9.17, 15) is 4.79 Å². The molecule has 2 rings (SSSR count). The highest BCUT2D eigenvalue weighted by Crippen LogP contribution is 2.36. The minimum Gasteiger partial charge on any atom is -0.444 e. The van der Waals surface area contributed by atoms with Gasteiger partial charge in [-0.05, 0) is 58.3 Å². The number of carbonyl (C=O) groups excluding carboxylic acids is 1. The Morgan fingerprint density at radius 3 is 2.41 bits per heavy atom. The molecule has 2 N–H and O–H groups in total. The summed E-state index contributed by atoms with van der Waals surface area (Å²) >= 11 is 0. The second-order valence-electron chi connectivity index (χ2n) is 9.76. The van der Waals surface area contributed by atoms with E-state index in [0.717, 1.165) is 44.9 Å². The zero-order chi connectivity index (χ0) is 21.3. The Labute approximate surface area is 177 Å². The number of guanidine groups is 1. The highest BCUT2D eigenvalue weighted by molar-refractivity contribution is 5.80. The molecular formula is C22H42N4O3. The molecule has 1 saturated heterocycles. The van der Waals surface area contributed by atoms with E-state index in [0.29, 0.717) is 24.7 Å². The van der Waals surface area contributed by atoms with Crippen LogP contribution in [0.25, 0.3) is 0 Å². The smallest absolute Gasteiger partial charge is 0.407 e. The zero-order valence-electron chi connectivity index (χ0n) is 19.2. The number of hydrogen-bond donors (Lipinski definition) is 2. The van der Waals surface area contributed by atoms with Crippen molar-refractivity contribution in [1.82, 2.24) is 15.5 Å². The van der Waals surface area contributed by atoms with Crippen LogP contribution in [0.15, 0.2) is 4.99 Å². The third kappa shape index (κ3) is 8.81. The highest BCUT2D eigenvalue weighted by Gasteiger charge is 2.29. The molecule has 0 aromatic heterocycles. The monoisotopic (exact) mass is 410 g/mol. The Bertz CT molecular complexity index is 531. The summed E-state index contributed by atoms with van der Waals surface area (Å²) in [4.78, 5) is 18.5. The molecule has 2 aliphatic rings. The van der Waals surface area contributed by atoms with Gasteiger partial charge in [-0.3, -0.25) is 4.99 Å². The lowest BCUT2D eigenvalue weighted by molar-refractivity contribution is 0.0169. The number of likely N-dealkylation sites (tertiary alicyclic amines) is 1. The van der Waals surface area contributed by atoms with Crippen molar-refractivity contribution in [3.05, 3.63) is 0 Å². The Kier molecular flexibility index (Phi) is 9.05. The number of nitrogens with zero attached hydrogens (tertiary/aromatic N) is 2. The van der Waals surface area contributed by atoms with Gasteiger partial charge in [-0.25, -0.2) is 4.79 Å². The first kappa shape index (κ1) is 23.8. The molecule has 1 aliphatic heterocycles. The molecule has 0 spiro atoms. The van der Waals surface area contributed by atoms with Crippen LogP contribution in [0.4, 0.5) is 4.79 Å². The first-order valence-corrected chi connectivity index (χ1v) is 11.2. The molecule has 0 bridgehead atoms. The van der Waals surface area contributed by atoms with Gasteiger partial charge in [-0.1, -0.05) is 19.8 Å². The van der Waals surface area contributed by atoms with Gasteiger partial charge in [0.1, 0.15) is 5.60 Å². The standard InChI is InChI=1S/C22H42N4O3/c1-21(2,3)29-20(27)24-13-8-16-28-18-9-14-26(15-10-18)19(23-5)25-17-22(4)11-6-7-12-22/h18H,6-17H2,1-5H3,(H,23,25)(H,24,27). The first-order valence-electron chi connectivity index (χ1n) is 11.2. The van der Waals surface area contributed by atoms with Crippen molar-refractivity contribution in [3.8, 4) is 0 Å². The van der Waals surface area contributed by atoms with Crippen molar-refractivity contribution in [1.29, 1.82) is 0 Å². The van der Waals surface area contributed by atoms with Gasteiger partial charge in [0.05, 0.1) is 6.10 Å². The number of hydrogen-bond acceptors (Lipinski definition) is 4. The van der Waals surface area contributed by atoms with Crippen molar-refractivity contribution in [2.45, 2.75) is 84.3 Å². The fraction of sp³-hybridized carbons (Fsp3) is 0.909. The predicted octanol–water partition coefficient (Wildman–Crippen LogP) is 3.54. The number of carbonyl (C=O) groups is 1. The van der Waals surface area contributed by atoms with Gasteiger partial charge in [0.15, 0.2) is 5.96 Å². The number of amides is 1. The molecule has 0 aromatic carbocycles. The van der Waals surface area contributed by atoms with E-state index >= 15 is 0 Å². The van der Waals surface area contributed by atoms with Crippen LogP contribution in [0.5, 0.6) is 0 Å². The SMILES string of the molecule is CN=C(NCC1(C)CCCC1)N1CCC(OCCCNC(=O)OC(C)(C)C)CC1. The van der Waals surface area contributed by atoms with Gasteiger partial charge in [0.2, 0.25) is 0 Å². The van der Waals surface area contributed by atoms with E-state index in [1.807, 2.05) is 27.8 Å². The summed E-state index contributed by atoms with van der Waals surface area (Å²) < 4.78 is 11.2. The molecule has 0 unspecified atom stereocenters. The molecule has 0 aromatic rings. The van der Waals surface area contributed by atoms with Crippen LogP contribution in [-0.2, 0) is 9.47 Å². The van der Waals surface area contributed by atoms with E-state index in [1.54, 1.807) is 0 Å². The largest absolute Gasteiger partial charge is 0.444 e. The summed E-state index contributed by atoms with van der Waals surface area (Å²) in [5.41, 5.74) is -0.0381. The predicted molar refractivity (Wildman–Crippen MR) is 117 cm³/mol. The molecule has 0 atom stereocenters. The third-order valence-electron chi connectivity index (χ3n) is 5.78. The maximum atomic E-state index is 11.6. The molecule has 7 nitrogen and oxygen atoms in total. The number of nitrogens with one attached hydrogen (secondary N) is 2. The molecule has 168 valence electrons. The summed E-state index contributed by atoms with van der Waals surface area (Å²) in [6.07, 6.45) is 8.08. The molecule has 1 heterocycles. The number of ether oxygens (including phenoxy) is 2. The quantitative estimate of drug-likeness (QED) is 0.381. The summed E-state index contributed by atoms with van der Waals surface area (Å²) in [5, 5.41) is 6.38. The van der Waals surface area contributed by atoms with Gasteiger partial charge in [-0.2, -0.15) is 0 Å². The molecule has 0 radical (unpaired) electrons. The normalized spacial score (nSPS) is 20.6. The number of rotatable bonds is 7. The Morgan fingerprint density at radius 1 is 1.17 bits per heavy atom. The molecule has 2 fully saturated rings. The number of alkyl carbamates (subject to hydrolysis) is 1. The third-order valence-corrected chi connectivity index (χ3v) is 5.78. The molecule has 1 saturated carbocycles. The van der Waals surface area contributed by atoms with Crippen LogP contribution in [-0.4, -0.2) is 68.5 Å². The van der Waals surface area contributed by atoms with Crippen LogP contribution >= 0.6 is 0 Å². The minimum absolute atomic E-state index is 0.290. The number of piperidine rings is 1. The Hall–Kier alpha value is -1.50. The highest BCUT2D eigenvalue weighted by atomic mass is 16.6. The van der Waals surface area contributed by atoms with Crippen LogP contribution < -0.4 is 10.6 Å². The van der Waals surface area contributed by atoms with Crippen molar-refractivity contribution in [2.24, 2.45) is 10.4 Å². The van der Waals surface area contributed by atoms with Crippen molar-refractivity contribution in [2.75, 3.05) is 39.8 Å². The topological polar surface area (TPSA) is 75.2 Å². The van der Waals surface area contributed by atoms with Crippen molar-refractivity contribution < 1.29 is 14.3 Å². The van der Waals surface area contributed by atoms with Crippen molar-refractivity contribution >= 4 is 12.1 Å². The average molecular weight is 411 g/mol. The lowest BCUT2D eigenvalue weighted by Crippen LogP contribution is -2.49. The van der Waals surface area contributed by atoms with Crippen molar-refractivity contribution in [3.63, 3.8) is 0 Å². The minimum atomic E-state index is -0.459. The van der Waals surface area contributed by atoms with Gasteiger partial charge in [0.25, 0.3) is 0 Å². The average Bonchev–Trinajstić information content (AvgIpc) is 3.08. The zero-order valence-corrected chi connectivity index (χ0v) is 19.2. The van der Waals surface area contributed by atoms with Crippen LogP contribution in [0.2, 0.25) is 0 Å². The molecule has 1 aliphatic carbocycles. The molecule has 1 amide bonds. The first-order chi connectivity index (χ1) is 13.7. The Balaban J connectivity index is 1.58. The van der Waals surface area contributed by atoms with Crippen LogP contribution in [0.1, 0.15) is 72.6 Å². The summed E-state index contributed by atoms with van der Waals surface area (Å²) in [6.45, 7) is 12.2. The molecule has 29 heavy (non-hydrogen) atoms. The van der Waals surface area contributed by atoms with Gasteiger partial charge in [-0.15, -0.1) is 0 Å².